The Morgan fingerprint density at radius 3 is 2.52 bits per heavy atom. The Morgan fingerprint density at radius 2 is 1.77 bits per heavy atom. The van der Waals surface area contributed by atoms with Crippen LogP contribution in [0.25, 0.3) is 0 Å². The highest BCUT2D eigenvalue weighted by molar-refractivity contribution is 5.58. The van der Waals surface area contributed by atoms with E-state index in [1.807, 2.05) is 49.4 Å². The van der Waals surface area contributed by atoms with Crippen LogP contribution in [-0.2, 0) is 13.2 Å². The van der Waals surface area contributed by atoms with Gasteiger partial charge in [-0.1, -0.05) is 42.0 Å². The smallest absolute Gasteiger partial charge is 0.227 e. The predicted octanol–water partition coefficient (Wildman–Crippen LogP) is 3.86. The molecule has 0 bridgehead atoms. The summed E-state index contributed by atoms with van der Waals surface area (Å²) >= 11 is 0. The van der Waals surface area contributed by atoms with Gasteiger partial charge in [-0.05, 0) is 24.6 Å². The lowest BCUT2D eigenvalue weighted by atomic mass is 10.1. The summed E-state index contributed by atoms with van der Waals surface area (Å²) in [4.78, 5) is 17.1. The summed E-state index contributed by atoms with van der Waals surface area (Å²) < 4.78 is 16.9. The van der Waals surface area contributed by atoms with E-state index in [4.69, 9.17) is 13.9 Å². The van der Waals surface area contributed by atoms with Crippen molar-refractivity contribution in [3.63, 3.8) is 0 Å². The van der Waals surface area contributed by atoms with Gasteiger partial charge in [0.05, 0.1) is 19.3 Å². The molecule has 0 amide bonds. The lowest BCUT2D eigenvalue weighted by Crippen LogP contribution is -2.46. The first kappa shape index (κ1) is 21.0. The molecule has 1 aliphatic heterocycles. The second kappa shape index (κ2) is 9.71. The zero-order valence-electron chi connectivity index (χ0n) is 18.0. The molecule has 0 spiro atoms. The topological polar surface area (TPSA) is 55.2 Å². The summed E-state index contributed by atoms with van der Waals surface area (Å²) in [6, 6.07) is 17.7. The Hall–Kier alpha value is -3.25. The van der Waals surface area contributed by atoms with Gasteiger partial charge < -0.3 is 18.8 Å². The number of para-hydroxylation sites is 2. The predicted molar refractivity (Wildman–Crippen MR) is 121 cm³/mol. The Kier molecular flexibility index (Phi) is 6.57. The van der Waals surface area contributed by atoms with E-state index in [1.165, 1.54) is 12.3 Å². The number of aryl methyl sites for hydroxylation is 1. The van der Waals surface area contributed by atoms with E-state index >= 15 is 0 Å². The van der Waals surface area contributed by atoms with Gasteiger partial charge >= 0.3 is 0 Å². The molecule has 6 nitrogen and oxygen atoms in total. The Labute approximate surface area is 182 Å². The van der Waals surface area contributed by atoms with Gasteiger partial charge in [0.15, 0.2) is 0 Å². The minimum atomic E-state index is -0.151. The fraction of sp³-hybridized carbons (Fsp3) is 0.320. The van der Waals surface area contributed by atoms with Crippen molar-refractivity contribution in [1.82, 2.24) is 4.90 Å². The van der Waals surface area contributed by atoms with Crippen LogP contribution in [0.1, 0.15) is 16.9 Å². The summed E-state index contributed by atoms with van der Waals surface area (Å²) in [5, 5.41) is 0. The van der Waals surface area contributed by atoms with Crippen LogP contribution in [0.15, 0.2) is 70.1 Å². The van der Waals surface area contributed by atoms with Gasteiger partial charge in [0.1, 0.15) is 24.4 Å². The van der Waals surface area contributed by atoms with Gasteiger partial charge in [-0.3, -0.25) is 9.69 Å². The van der Waals surface area contributed by atoms with E-state index in [9.17, 15) is 4.79 Å². The number of hydrogen-bond donors (Lipinski definition) is 0. The zero-order valence-corrected chi connectivity index (χ0v) is 18.0. The molecule has 2 heterocycles. The van der Waals surface area contributed by atoms with Crippen LogP contribution in [-0.4, -0.2) is 38.2 Å². The summed E-state index contributed by atoms with van der Waals surface area (Å²) in [5.74, 6) is 1.79. The van der Waals surface area contributed by atoms with Crippen LogP contribution in [0, 0.1) is 6.92 Å². The Bertz CT molecular complexity index is 1070. The van der Waals surface area contributed by atoms with Crippen LogP contribution in [0.5, 0.6) is 11.5 Å². The van der Waals surface area contributed by atoms with Crippen LogP contribution in [0.2, 0.25) is 0 Å². The monoisotopic (exact) mass is 420 g/mol. The second-order valence-electron chi connectivity index (χ2n) is 7.79. The number of methoxy groups -OCH3 is 1. The molecule has 31 heavy (non-hydrogen) atoms. The fourth-order valence-corrected chi connectivity index (χ4v) is 3.85. The van der Waals surface area contributed by atoms with Crippen LogP contribution in [0.3, 0.4) is 0 Å². The van der Waals surface area contributed by atoms with Crippen molar-refractivity contribution < 1.29 is 13.9 Å². The zero-order chi connectivity index (χ0) is 21.6. The lowest BCUT2D eigenvalue weighted by molar-refractivity contribution is 0.224. The quantitative estimate of drug-likeness (QED) is 0.579. The van der Waals surface area contributed by atoms with Crippen LogP contribution < -0.4 is 19.8 Å². The molecule has 0 atom stereocenters. The maximum atomic E-state index is 12.5. The molecular weight excluding hydrogens is 392 g/mol. The van der Waals surface area contributed by atoms with E-state index in [0.717, 1.165) is 48.7 Å². The molecule has 0 aliphatic carbocycles. The first-order valence-electron chi connectivity index (χ1n) is 10.5. The lowest BCUT2D eigenvalue weighted by Gasteiger charge is -2.36. The maximum Gasteiger partial charge on any atom is 0.227 e. The molecule has 0 saturated carbocycles. The third-order valence-corrected chi connectivity index (χ3v) is 5.51. The Morgan fingerprint density at radius 1 is 0.968 bits per heavy atom. The van der Waals surface area contributed by atoms with E-state index < -0.39 is 0 Å². The maximum absolute atomic E-state index is 12.5. The number of rotatable bonds is 7. The molecule has 0 N–H and O–H groups in total. The molecule has 162 valence electrons. The molecule has 2 aromatic carbocycles. The summed E-state index contributed by atoms with van der Waals surface area (Å²) in [6.07, 6.45) is 1.43. The van der Waals surface area contributed by atoms with Crippen molar-refractivity contribution >= 4 is 5.69 Å². The van der Waals surface area contributed by atoms with Gasteiger partial charge in [0.2, 0.25) is 11.2 Å². The van der Waals surface area contributed by atoms with Crippen LogP contribution >= 0.6 is 0 Å². The fourth-order valence-electron chi connectivity index (χ4n) is 3.85. The minimum absolute atomic E-state index is 0.151. The molecule has 1 saturated heterocycles. The van der Waals surface area contributed by atoms with Crippen LogP contribution in [0.4, 0.5) is 5.69 Å². The van der Waals surface area contributed by atoms with E-state index in [-0.39, 0.29) is 11.2 Å². The third-order valence-electron chi connectivity index (χ3n) is 5.51. The van der Waals surface area contributed by atoms with Crippen molar-refractivity contribution in [1.29, 1.82) is 0 Å². The molecule has 1 aromatic heterocycles. The van der Waals surface area contributed by atoms with Crippen molar-refractivity contribution in [2.24, 2.45) is 0 Å². The van der Waals surface area contributed by atoms with E-state index in [2.05, 4.69) is 15.9 Å². The largest absolute Gasteiger partial charge is 0.495 e. The molecule has 0 unspecified atom stereocenters. The SMILES string of the molecule is COc1ccccc1N1CCN(Cc2cc(=O)c(OCc3cccc(C)c3)co2)CC1. The number of anilines is 1. The average Bonchev–Trinajstić information content (AvgIpc) is 2.79. The molecule has 1 aliphatic rings. The number of piperazine rings is 1. The molecule has 1 fully saturated rings. The van der Waals surface area contributed by atoms with Crippen molar-refractivity contribution in [2.75, 3.05) is 38.2 Å². The van der Waals surface area contributed by atoms with Gasteiger partial charge in [0, 0.05) is 32.2 Å². The standard InChI is InChI=1S/C25H28N2O4/c1-19-6-5-7-20(14-19)17-31-25-18-30-21(15-23(25)28)16-26-10-12-27(13-11-26)22-8-3-4-9-24(22)29-2/h3-9,14-15,18H,10-13,16-17H2,1-2H3. The number of nitrogens with zero attached hydrogens (tertiary/aromatic N) is 2. The normalized spacial score (nSPS) is 14.5. The third kappa shape index (κ3) is 5.27. The van der Waals surface area contributed by atoms with Crippen molar-refractivity contribution in [2.45, 2.75) is 20.1 Å². The number of benzene rings is 2. The van der Waals surface area contributed by atoms with E-state index in [0.29, 0.717) is 18.9 Å². The molecule has 3 aromatic rings. The van der Waals surface area contributed by atoms with Crippen molar-refractivity contribution in [3.05, 3.63) is 88.0 Å². The molecule has 4 rings (SSSR count). The van der Waals surface area contributed by atoms with Gasteiger partial charge in [0.25, 0.3) is 0 Å². The Balaban J connectivity index is 1.32. The minimum Gasteiger partial charge on any atom is -0.495 e. The molecule has 0 radical (unpaired) electrons. The van der Waals surface area contributed by atoms with Crippen molar-refractivity contribution in [3.8, 4) is 11.5 Å². The van der Waals surface area contributed by atoms with E-state index in [1.54, 1.807) is 7.11 Å². The van der Waals surface area contributed by atoms with Gasteiger partial charge in [-0.2, -0.15) is 0 Å². The highest BCUT2D eigenvalue weighted by Crippen LogP contribution is 2.28. The highest BCUT2D eigenvalue weighted by atomic mass is 16.5. The summed E-state index contributed by atoms with van der Waals surface area (Å²) in [6.45, 7) is 6.53. The summed E-state index contributed by atoms with van der Waals surface area (Å²) in [7, 11) is 1.70. The van der Waals surface area contributed by atoms with Gasteiger partial charge in [-0.15, -0.1) is 0 Å². The second-order valence-corrected chi connectivity index (χ2v) is 7.79. The average molecular weight is 421 g/mol. The first-order chi connectivity index (χ1) is 15.1. The highest BCUT2D eigenvalue weighted by Gasteiger charge is 2.20. The molecular formula is C25H28N2O4. The van der Waals surface area contributed by atoms with Gasteiger partial charge in [-0.25, -0.2) is 0 Å². The molecule has 6 heteroatoms. The first-order valence-corrected chi connectivity index (χ1v) is 10.5. The number of ether oxygens (including phenoxy) is 2. The summed E-state index contributed by atoms with van der Waals surface area (Å²) in [5.41, 5.74) is 3.15. The number of hydrogen-bond acceptors (Lipinski definition) is 6.